The zero-order valence-corrected chi connectivity index (χ0v) is 8.09. The Kier molecular flexibility index (Phi) is 5.81. The highest BCUT2D eigenvalue weighted by molar-refractivity contribution is 5.94. The molecule has 0 spiro atoms. The van der Waals surface area contributed by atoms with Crippen molar-refractivity contribution in [2.45, 2.75) is 33.6 Å². The van der Waals surface area contributed by atoms with Crippen LogP contribution in [0.4, 0.5) is 0 Å². The van der Waals surface area contributed by atoms with Crippen molar-refractivity contribution in [2.75, 3.05) is 7.05 Å². The Bertz CT molecular complexity index is 143. The minimum absolute atomic E-state index is 0.704. The Morgan fingerprint density at radius 2 is 2.09 bits per heavy atom. The Labute approximate surface area is 70.2 Å². The molecule has 0 aromatic carbocycles. The van der Waals surface area contributed by atoms with Crippen molar-refractivity contribution in [1.82, 2.24) is 0 Å². The highest BCUT2D eigenvalue weighted by Crippen LogP contribution is 2.02. The van der Waals surface area contributed by atoms with Gasteiger partial charge in [-0.05, 0) is 24.8 Å². The van der Waals surface area contributed by atoms with Gasteiger partial charge in [0.2, 0.25) is 0 Å². The molecular formula is C10H19N. The molecule has 0 rings (SSSR count). The van der Waals surface area contributed by atoms with Gasteiger partial charge in [0.1, 0.15) is 0 Å². The Morgan fingerprint density at radius 1 is 1.45 bits per heavy atom. The quantitative estimate of drug-likeness (QED) is 0.550. The fourth-order valence-electron chi connectivity index (χ4n) is 0.906. The molecule has 0 aliphatic carbocycles. The maximum atomic E-state index is 4.20. The van der Waals surface area contributed by atoms with Crippen LogP contribution in [0.1, 0.15) is 33.6 Å². The van der Waals surface area contributed by atoms with Crippen molar-refractivity contribution in [1.29, 1.82) is 0 Å². The summed E-state index contributed by atoms with van der Waals surface area (Å²) in [6.07, 6.45) is 6.47. The molecule has 0 amide bonds. The van der Waals surface area contributed by atoms with Crippen LogP contribution in [0, 0.1) is 5.92 Å². The van der Waals surface area contributed by atoms with Crippen molar-refractivity contribution in [2.24, 2.45) is 10.9 Å². The topological polar surface area (TPSA) is 12.4 Å². The summed E-state index contributed by atoms with van der Waals surface area (Å²) in [5, 5.41) is 0. The molecule has 0 aliphatic rings. The summed E-state index contributed by atoms with van der Waals surface area (Å²) in [6.45, 7) is 6.56. The third-order valence-electron chi connectivity index (χ3n) is 1.45. The lowest BCUT2D eigenvalue weighted by Crippen LogP contribution is -1.99. The van der Waals surface area contributed by atoms with Crippen LogP contribution < -0.4 is 0 Å². The van der Waals surface area contributed by atoms with Gasteiger partial charge in [0.05, 0.1) is 0 Å². The molecule has 0 heterocycles. The molecule has 0 saturated heterocycles. The second-order valence-corrected chi connectivity index (χ2v) is 3.12. The molecule has 64 valence electrons. The minimum Gasteiger partial charge on any atom is -0.293 e. The molecule has 0 fully saturated rings. The lowest BCUT2D eigenvalue weighted by atomic mass is 10.1. The Morgan fingerprint density at radius 3 is 2.45 bits per heavy atom. The van der Waals surface area contributed by atoms with Gasteiger partial charge in [-0.15, -0.1) is 0 Å². The lowest BCUT2D eigenvalue weighted by molar-refractivity contribution is 0.684. The molecule has 1 nitrogen and oxygen atoms in total. The maximum Gasteiger partial charge on any atom is 0.0344 e. The third-order valence-corrected chi connectivity index (χ3v) is 1.45. The lowest BCUT2D eigenvalue weighted by Gasteiger charge is -2.02. The molecule has 0 aliphatic heterocycles. The van der Waals surface area contributed by atoms with Crippen LogP contribution >= 0.6 is 0 Å². The van der Waals surface area contributed by atoms with E-state index in [1.54, 1.807) is 0 Å². The fraction of sp³-hybridized carbons (Fsp3) is 0.700. The summed E-state index contributed by atoms with van der Waals surface area (Å²) in [5.74, 6) is 0.704. The number of rotatable bonds is 4. The van der Waals surface area contributed by atoms with E-state index in [0.29, 0.717) is 5.92 Å². The van der Waals surface area contributed by atoms with Crippen LogP contribution in [-0.4, -0.2) is 12.8 Å². The Balaban J connectivity index is 3.88. The van der Waals surface area contributed by atoms with Crippen molar-refractivity contribution in [3.63, 3.8) is 0 Å². The van der Waals surface area contributed by atoms with Gasteiger partial charge in [-0.1, -0.05) is 26.8 Å². The normalized spacial score (nSPS) is 13.4. The van der Waals surface area contributed by atoms with Crippen molar-refractivity contribution in [3.8, 4) is 0 Å². The summed E-state index contributed by atoms with van der Waals surface area (Å²) < 4.78 is 0. The first-order valence-electron chi connectivity index (χ1n) is 4.32. The van der Waals surface area contributed by atoms with E-state index in [4.69, 9.17) is 0 Å². The number of nitrogens with zero attached hydrogens (tertiary/aromatic N) is 1. The van der Waals surface area contributed by atoms with Crippen LogP contribution in [0.25, 0.3) is 0 Å². The number of hydrogen-bond donors (Lipinski definition) is 0. The molecule has 0 unspecified atom stereocenters. The molecule has 0 saturated carbocycles. The predicted octanol–water partition coefficient (Wildman–Crippen LogP) is 3.07. The van der Waals surface area contributed by atoms with Gasteiger partial charge < -0.3 is 0 Å². The monoisotopic (exact) mass is 153 g/mol. The fourth-order valence-corrected chi connectivity index (χ4v) is 0.906. The van der Waals surface area contributed by atoms with Crippen molar-refractivity contribution >= 4 is 5.71 Å². The van der Waals surface area contributed by atoms with E-state index in [1.807, 2.05) is 7.05 Å². The van der Waals surface area contributed by atoms with Gasteiger partial charge in [-0.3, -0.25) is 4.99 Å². The average molecular weight is 153 g/mol. The van der Waals surface area contributed by atoms with Gasteiger partial charge in [-0.2, -0.15) is 0 Å². The van der Waals surface area contributed by atoms with E-state index in [0.717, 1.165) is 12.8 Å². The van der Waals surface area contributed by atoms with Crippen LogP contribution in [-0.2, 0) is 0 Å². The summed E-state index contributed by atoms with van der Waals surface area (Å²) in [7, 11) is 1.86. The minimum atomic E-state index is 0.704. The number of aliphatic imine (C=N–C) groups is 1. The zero-order chi connectivity index (χ0) is 8.69. The smallest absolute Gasteiger partial charge is 0.0344 e. The van der Waals surface area contributed by atoms with E-state index in [1.165, 1.54) is 5.71 Å². The van der Waals surface area contributed by atoms with Gasteiger partial charge in [0.25, 0.3) is 0 Å². The first kappa shape index (κ1) is 10.4. The summed E-state index contributed by atoms with van der Waals surface area (Å²) in [5.41, 5.74) is 1.21. The van der Waals surface area contributed by atoms with E-state index >= 15 is 0 Å². The number of allylic oxidation sites excluding steroid dienone is 2. The SMILES string of the molecule is CC/C=C\C(CC(C)C)=NC. The van der Waals surface area contributed by atoms with E-state index in [9.17, 15) is 0 Å². The molecule has 11 heavy (non-hydrogen) atoms. The molecule has 0 N–H and O–H groups in total. The summed E-state index contributed by atoms with van der Waals surface area (Å²) >= 11 is 0. The molecular weight excluding hydrogens is 134 g/mol. The second kappa shape index (κ2) is 6.14. The van der Waals surface area contributed by atoms with Crippen molar-refractivity contribution < 1.29 is 0 Å². The molecule has 0 atom stereocenters. The zero-order valence-electron chi connectivity index (χ0n) is 8.09. The predicted molar refractivity (Wildman–Crippen MR) is 52.2 cm³/mol. The standard InChI is InChI=1S/C10H19N/c1-5-6-7-10(11-4)8-9(2)3/h6-7,9H,5,8H2,1-4H3/b7-6-,11-10?. The summed E-state index contributed by atoms with van der Waals surface area (Å²) in [6, 6.07) is 0. The third kappa shape index (κ3) is 5.84. The first-order valence-corrected chi connectivity index (χ1v) is 4.32. The highest BCUT2D eigenvalue weighted by atomic mass is 14.7. The van der Waals surface area contributed by atoms with Crippen LogP contribution in [0.5, 0.6) is 0 Å². The highest BCUT2D eigenvalue weighted by Gasteiger charge is 1.96. The maximum absolute atomic E-state index is 4.20. The average Bonchev–Trinajstić information content (AvgIpc) is 1.97. The largest absolute Gasteiger partial charge is 0.293 e. The van der Waals surface area contributed by atoms with E-state index < -0.39 is 0 Å². The Hall–Kier alpha value is -0.590. The summed E-state index contributed by atoms with van der Waals surface area (Å²) in [4.78, 5) is 4.20. The van der Waals surface area contributed by atoms with Gasteiger partial charge >= 0.3 is 0 Å². The van der Waals surface area contributed by atoms with Crippen molar-refractivity contribution in [3.05, 3.63) is 12.2 Å². The molecule has 0 radical (unpaired) electrons. The molecule has 0 aromatic heterocycles. The van der Waals surface area contributed by atoms with Crippen LogP contribution in [0.3, 0.4) is 0 Å². The second-order valence-electron chi connectivity index (χ2n) is 3.12. The van der Waals surface area contributed by atoms with Crippen LogP contribution in [0.15, 0.2) is 17.1 Å². The number of hydrogen-bond acceptors (Lipinski definition) is 1. The molecule has 1 heteroatoms. The van der Waals surface area contributed by atoms with Gasteiger partial charge in [-0.25, -0.2) is 0 Å². The van der Waals surface area contributed by atoms with Gasteiger partial charge in [0, 0.05) is 12.8 Å². The molecule has 0 aromatic rings. The first-order chi connectivity index (χ1) is 5.20. The van der Waals surface area contributed by atoms with Crippen LogP contribution in [0.2, 0.25) is 0 Å². The van der Waals surface area contributed by atoms with Gasteiger partial charge in [0.15, 0.2) is 0 Å². The van der Waals surface area contributed by atoms with E-state index in [2.05, 4.69) is 37.9 Å². The molecule has 0 bridgehead atoms. The van der Waals surface area contributed by atoms with E-state index in [-0.39, 0.29) is 0 Å².